The second kappa shape index (κ2) is 3.13. The van der Waals surface area contributed by atoms with Crippen LogP contribution in [-0.4, -0.2) is 5.54 Å². The number of benzene rings is 1. The summed E-state index contributed by atoms with van der Waals surface area (Å²) in [6.07, 6.45) is 7.27. The zero-order valence-corrected chi connectivity index (χ0v) is 9.92. The third-order valence-corrected chi connectivity index (χ3v) is 4.71. The molecule has 1 heterocycles. The van der Waals surface area contributed by atoms with Crippen molar-refractivity contribution in [2.45, 2.75) is 43.6 Å². The van der Waals surface area contributed by atoms with E-state index in [1.54, 1.807) is 0 Å². The predicted molar refractivity (Wildman–Crippen MR) is 68.8 cm³/mol. The van der Waals surface area contributed by atoms with Crippen LogP contribution in [0.25, 0.3) is 0 Å². The lowest BCUT2D eigenvalue weighted by atomic mass is 9.61. The average molecular weight is 213 g/mol. The fourth-order valence-electron chi connectivity index (χ4n) is 3.65. The van der Waals surface area contributed by atoms with Crippen molar-refractivity contribution >= 4 is 5.69 Å². The Morgan fingerprint density at radius 3 is 2.81 bits per heavy atom. The molecule has 2 unspecified atom stereocenters. The molecule has 0 saturated heterocycles. The van der Waals surface area contributed by atoms with E-state index >= 15 is 0 Å². The molecule has 1 aromatic rings. The van der Waals surface area contributed by atoms with Gasteiger partial charge in [0.2, 0.25) is 0 Å². The van der Waals surface area contributed by atoms with E-state index in [0.717, 1.165) is 0 Å². The van der Waals surface area contributed by atoms with Crippen LogP contribution in [0, 0.1) is 0 Å². The van der Waals surface area contributed by atoms with Crippen LogP contribution in [0.3, 0.4) is 0 Å². The standard InChI is InChI=1S/C15H19N/c1-3-15-11-7-6-10-14(15,2)12-8-4-5-9-13(12)16-15/h3-5,8-9,16H,1,6-7,10-11H2,2H3. The van der Waals surface area contributed by atoms with E-state index in [-0.39, 0.29) is 11.0 Å². The van der Waals surface area contributed by atoms with Crippen molar-refractivity contribution in [1.82, 2.24) is 0 Å². The van der Waals surface area contributed by atoms with Crippen LogP contribution in [-0.2, 0) is 5.41 Å². The van der Waals surface area contributed by atoms with Crippen molar-refractivity contribution in [3.05, 3.63) is 42.5 Å². The van der Waals surface area contributed by atoms with Gasteiger partial charge < -0.3 is 5.32 Å². The molecule has 2 aliphatic rings. The van der Waals surface area contributed by atoms with Crippen LogP contribution < -0.4 is 5.32 Å². The first-order chi connectivity index (χ1) is 7.72. The van der Waals surface area contributed by atoms with E-state index in [4.69, 9.17) is 0 Å². The summed E-state index contributed by atoms with van der Waals surface area (Å²) in [4.78, 5) is 0. The molecule has 1 fully saturated rings. The van der Waals surface area contributed by atoms with Crippen LogP contribution in [0.2, 0.25) is 0 Å². The van der Waals surface area contributed by atoms with E-state index in [1.807, 2.05) is 0 Å². The predicted octanol–water partition coefficient (Wildman–Crippen LogP) is 3.87. The molecule has 0 radical (unpaired) electrons. The average Bonchev–Trinajstić information content (AvgIpc) is 2.59. The molecule has 0 aromatic heterocycles. The van der Waals surface area contributed by atoms with Crippen molar-refractivity contribution < 1.29 is 0 Å². The summed E-state index contributed by atoms with van der Waals surface area (Å²) in [6, 6.07) is 8.74. The number of fused-ring (bicyclic) bond motifs is 3. The molecule has 1 aliphatic heterocycles. The van der Waals surface area contributed by atoms with E-state index in [1.165, 1.54) is 36.9 Å². The number of para-hydroxylation sites is 1. The van der Waals surface area contributed by atoms with Gasteiger partial charge in [-0.15, -0.1) is 6.58 Å². The lowest BCUT2D eigenvalue weighted by molar-refractivity contribution is 0.241. The van der Waals surface area contributed by atoms with Crippen molar-refractivity contribution in [2.75, 3.05) is 5.32 Å². The van der Waals surface area contributed by atoms with Crippen LogP contribution in [0.5, 0.6) is 0 Å². The first kappa shape index (κ1) is 9.95. The van der Waals surface area contributed by atoms with E-state index in [0.29, 0.717) is 0 Å². The van der Waals surface area contributed by atoms with Crippen molar-refractivity contribution in [1.29, 1.82) is 0 Å². The molecule has 1 heteroatoms. The molecule has 1 aliphatic carbocycles. The van der Waals surface area contributed by atoms with E-state index in [2.05, 4.69) is 49.2 Å². The molecule has 3 rings (SSSR count). The van der Waals surface area contributed by atoms with Crippen molar-refractivity contribution in [2.24, 2.45) is 0 Å². The van der Waals surface area contributed by atoms with Gasteiger partial charge >= 0.3 is 0 Å². The van der Waals surface area contributed by atoms with Gasteiger partial charge in [-0.2, -0.15) is 0 Å². The Kier molecular flexibility index (Phi) is 1.95. The van der Waals surface area contributed by atoms with Crippen LogP contribution >= 0.6 is 0 Å². The third kappa shape index (κ3) is 1.01. The molecule has 0 amide bonds. The Bertz CT molecular complexity index is 437. The minimum atomic E-state index is 0.0922. The van der Waals surface area contributed by atoms with Gasteiger partial charge in [0.15, 0.2) is 0 Å². The first-order valence-electron chi connectivity index (χ1n) is 6.23. The Balaban J connectivity index is 2.19. The van der Waals surface area contributed by atoms with E-state index < -0.39 is 0 Å². The third-order valence-electron chi connectivity index (χ3n) is 4.71. The maximum Gasteiger partial charge on any atom is 0.0648 e. The zero-order chi connectivity index (χ0) is 11.2. The molecule has 1 N–H and O–H groups in total. The maximum absolute atomic E-state index is 4.08. The highest BCUT2D eigenvalue weighted by Gasteiger charge is 2.53. The summed E-state index contributed by atoms with van der Waals surface area (Å²) in [5, 5.41) is 3.72. The summed E-state index contributed by atoms with van der Waals surface area (Å²) in [7, 11) is 0. The molecular formula is C15H19N. The highest BCUT2D eigenvalue weighted by molar-refractivity contribution is 5.66. The molecule has 84 valence electrons. The molecule has 0 spiro atoms. The second-order valence-electron chi connectivity index (χ2n) is 5.39. The summed E-state index contributed by atoms with van der Waals surface area (Å²) in [6.45, 7) is 6.48. The Morgan fingerprint density at radius 1 is 1.25 bits per heavy atom. The molecule has 16 heavy (non-hydrogen) atoms. The molecule has 0 bridgehead atoms. The lowest BCUT2D eigenvalue weighted by Crippen LogP contribution is -2.51. The normalized spacial score (nSPS) is 36.1. The van der Waals surface area contributed by atoms with Gasteiger partial charge in [0.1, 0.15) is 0 Å². The minimum Gasteiger partial charge on any atom is -0.375 e. The minimum absolute atomic E-state index is 0.0922. The highest BCUT2D eigenvalue weighted by atomic mass is 15.0. The van der Waals surface area contributed by atoms with Crippen LogP contribution in [0.15, 0.2) is 36.9 Å². The molecular weight excluding hydrogens is 194 g/mol. The van der Waals surface area contributed by atoms with Gasteiger partial charge in [0, 0.05) is 11.1 Å². The monoisotopic (exact) mass is 213 g/mol. The maximum atomic E-state index is 4.08. The van der Waals surface area contributed by atoms with Gasteiger partial charge in [0.25, 0.3) is 0 Å². The number of nitrogens with one attached hydrogen (secondary N) is 1. The van der Waals surface area contributed by atoms with Gasteiger partial charge in [-0.25, -0.2) is 0 Å². The summed E-state index contributed by atoms with van der Waals surface area (Å²) >= 11 is 0. The Labute approximate surface area is 97.6 Å². The van der Waals surface area contributed by atoms with Gasteiger partial charge in [-0.1, -0.05) is 44.0 Å². The fraction of sp³-hybridized carbons (Fsp3) is 0.467. The molecule has 2 atom stereocenters. The number of hydrogen-bond donors (Lipinski definition) is 1. The fourth-order valence-corrected chi connectivity index (χ4v) is 3.65. The zero-order valence-electron chi connectivity index (χ0n) is 9.92. The van der Waals surface area contributed by atoms with Crippen LogP contribution in [0.4, 0.5) is 5.69 Å². The van der Waals surface area contributed by atoms with Gasteiger partial charge in [-0.3, -0.25) is 0 Å². The largest absolute Gasteiger partial charge is 0.375 e. The Morgan fingerprint density at radius 2 is 2.00 bits per heavy atom. The SMILES string of the molecule is C=CC12CCCCC1(C)c1ccccc1N2. The Hall–Kier alpha value is -1.24. The molecule has 1 nitrogen and oxygen atoms in total. The topological polar surface area (TPSA) is 12.0 Å². The molecule has 1 saturated carbocycles. The van der Waals surface area contributed by atoms with Gasteiger partial charge in [0.05, 0.1) is 5.54 Å². The van der Waals surface area contributed by atoms with Crippen LogP contribution in [0.1, 0.15) is 38.2 Å². The second-order valence-corrected chi connectivity index (χ2v) is 5.39. The first-order valence-corrected chi connectivity index (χ1v) is 6.23. The highest BCUT2D eigenvalue weighted by Crippen LogP contribution is 2.55. The van der Waals surface area contributed by atoms with E-state index in [9.17, 15) is 0 Å². The summed E-state index contributed by atoms with van der Waals surface area (Å²) < 4.78 is 0. The number of anilines is 1. The van der Waals surface area contributed by atoms with Crippen molar-refractivity contribution in [3.8, 4) is 0 Å². The summed E-state index contributed by atoms with van der Waals surface area (Å²) in [5.41, 5.74) is 3.12. The quantitative estimate of drug-likeness (QED) is 0.698. The smallest absolute Gasteiger partial charge is 0.0648 e. The van der Waals surface area contributed by atoms with Crippen molar-refractivity contribution in [3.63, 3.8) is 0 Å². The summed E-state index contributed by atoms with van der Waals surface area (Å²) in [5.74, 6) is 0. The number of hydrogen-bond acceptors (Lipinski definition) is 1. The number of rotatable bonds is 1. The van der Waals surface area contributed by atoms with Gasteiger partial charge in [-0.05, 0) is 24.5 Å². The molecule has 1 aromatic carbocycles. The lowest BCUT2D eigenvalue weighted by Gasteiger charge is -2.46.